The molecule has 0 spiro atoms. The van der Waals surface area contributed by atoms with Crippen LogP contribution in [0.1, 0.15) is 13.8 Å². The number of hydrogen-bond acceptors (Lipinski definition) is 4. The number of pyridine rings is 1. The Morgan fingerprint density at radius 2 is 2.25 bits per heavy atom. The molecule has 0 aliphatic rings. The fraction of sp³-hybridized carbons (Fsp3) is 0.400. The molecule has 0 atom stereocenters. The molecule has 2 aromatic heterocycles. The van der Waals surface area contributed by atoms with Gasteiger partial charge in [0.05, 0.1) is 11.8 Å². The Morgan fingerprint density at radius 3 is 2.94 bits per heavy atom. The topological polar surface area (TPSA) is 59.7 Å². The van der Waals surface area contributed by atoms with E-state index < -0.39 is 5.60 Å². The van der Waals surface area contributed by atoms with Crippen molar-refractivity contribution in [3.05, 3.63) is 23.6 Å². The van der Waals surface area contributed by atoms with Crippen molar-refractivity contribution in [2.75, 3.05) is 6.61 Å². The van der Waals surface area contributed by atoms with E-state index in [1.54, 1.807) is 32.2 Å². The standard InChI is InChI=1S/C10H12ClN3O2/c1-10(2,15)6-16-7-3-4-8-12-9(11)13-14(8)5-7/h3-5,15H,6H2,1-2H3. The van der Waals surface area contributed by atoms with Gasteiger partial charge < -0.3 is 9.84 Å². The SMILES string of the molecule is CC(C)(O)COc1ccc2nc(Cl)nn2c1. The van der Waals surface area contributed by atoms with Crippen molar-refractivity contribution in [3.8, 4) is 5.75 Å². The Kier molecular flexibility index (Phi) is 2.73. The molecule has 0 bridgehead atoms. The van der Waals surface area contributed by atoms with Gasteiger partial charge in [0.1, 0.15) is 12.4 Å². The first-order valence-electron chi connectivity index (χ1n) is 4.81. The van der Waals surface area contributed by atoms with Gasteiger partial charge in [-0.25, -0.2) is 4.52 Å². The Labute approximate surface area is 97.6 Å². The first-order valence-corrected chi connectivity index (χ1v) is 5.19. The van der Waals surface area contributed by atoms with E-state index >= 15 is 0 Å². The van der Waals surface area contributed by atoms with Gasteiger partial charge in [-0.1, -0.05) is 0 Å². The van der Waals surface area contributed by atoms with Gasteiger partial charge in [-0.2, -0.15) is 4.98 Å². The van der Waals surface area contributed by atoms with Gasteiger partial charge in [0.2, 0.25) is 5.28 Å². The predicted octanol–water partition coefficient (Wildman–Crippen LogP) is 1.53. The fourth-order valence-corrected chi connectivity index (χ4v) is 1.35. The summed E-state index contributed by atoms with van der Waals surface area (Å²) < 4.78 is 6.94. The van der Waals surface area contributed by atoms with E-state index in [4.69, 9.17) is 16.3 Å². The number of halogens is 1. The molecular weight excluding hydrogens is 230 g/mol. The summed E-state index contributed by atoms with van der Waals surface area (Å²) in [6, 6.07) is 3.50. The molecule has 0 saturated carbocycles. The van der Waals surface area contributed by atoms with Crippen molar-refractivity contribution in [1.29, 1.82) is 0 Å². The summed E-state index contributed by atoms with van der Waals surface area (Å²) >= 11 is 5.66. The summed E-state index contributed by atoms with van der Waals surface area (Å²) in [5.74, 6) is 0.608. The fourth-order valence-electron chi connectivity index (χ4n) is 1.18. The highest BCUT2D eigenvalue weighted by molar-refractivity contribution is 6.28. The van der Waals surface area contributed by atoms with E-state index in [2.05, 4.69) is 10.1 Å². The van der Waals surface area contributed by atoms with Crippen LogP contribution in [0.5, 0.6) is 5.75 Å². The number of aliphatic hydroxyl groups is 1. The minimum absolute atomic E-state index is 0.194. The highest BCUT2D eigenvalue weighted by Gasteiger charge is 2.13. The third-order valence-electron chi connectivity index (χ3n) is 1.87. The van der Waals surface area contributed by atoms with Crippen LogP contribution in [0, 0.1) is 0 Å². The molecule has 2 rings (SSSR count). The van der Waals surface area contributed by atoms with Crippen LogP contribution in [0.2, 0.25) is 5.28 Å². The van der Waals surface area contributed by atoms with Crippen LogP contribution in [-0.4, -0.2) is 31.9 Å². The zero-order chi connectivity index (χ0) is 11.8. The molecule has 0 saturated heterocycles. The maximum Gasteiger partial charge on any atom is 0.243 e. The molecule has 86 valence electrons. The summed E-state index contributed by atoms with van der Waals surface area (Å²) in [6.45, 7) is 3.57. The molecule has 0 unspecified atom stereocenters. The lowest BCUT2D eigenvalue weighted by Gasteiger charge is -2.17. The molecule has 2 heterocycles. The molecule has 2 aromatic rings. The van der Waals surface area contributed by atoms with Crippen LogP contribution in [-0.2, 0) is 0 Å². The maximum atomic E-state index is 9.52. The third-order valence-corrected chi connectivity index (χ3v) is 2.03. The van der Waals surface area contributed by atoms with Crippen LogP contribution < -0.4 is 4.74 Å². The average molecular weight is 242 g/mol. The lowest BCUT2D eigenvalue weighted by atomic mass is 10.2. The average Bonchev–Trinajstić information content (AvgIpc) is 2.52. The van der Waals surface area contributed by atoms with E-state index in [-0.39, 0.29) is 11.9 Å². The third kappa shape index (κ3) is 2.62. The van der Waals surface area contributed by atoms with Crippen molar-refractivity contribution in [3.63, 3.8) is 0 Å². The number of hydrogen-bond donors (Lipinski definition) is 1. The minimum Gasteiger partial charge on any atom is -0.489 e. The number of rotatable bonds is 3. The summed E-state index contributed by atoms with van der Waals surface area (Å²) in [4.78, 5) is 3.98. The molecule has 1 N–H and O–H groups in total. The van der Waals surface area contributed by atoms with Crippen LogP contribution in [0.15, 0.2) is 18.3 Å². The zero-order valence-corrected chi connectivity index (χ0v) is 9.77. The normalized spacial score (nSPS) is 12.0. The highest BCUT2D eigenvalue weighted by atomic mass is 35.5. The van der Waals surface area contributed by atoms with Gasteiger partial charge in [0.25, 0.3) is 0 Å². The highest BCUT2D eigenvalue weighted by Crippen LogP contribution is 2.15. The second-order valence-corrected chi connectivity index (χ2v) is 4.49. The van der Waals surface area contributed by atoms with Crippen LogP contribution >= 0.6 is 11.6 Å². The summed E-state index contributed by atoms with van der Waals surface area (Å²) in [7, 11) is 0. The maximum absolute atomic E-state index is 9.52. The van der Waals surface area contributed by atoms with Crippen molar-refractivity contribution >= 4 is 17.2 Å². The van der Waals surface area contributed by atoms with Gasteiger partial charge in [-0.15, -0.1) is 5.10 Å². The molecule has 0 amide bonds. The van der Waals surface area contributed by atoms with Gasteiger partial charge in [0.15, 0.2) is 5.65 Å². The van der Waals surface area contributed by atoms with Crippen molar-refractivity contribution in [1.82, 2.24) is 14.6 Å². The van der Waals surface area contributed by atoms with Gasteiger partial charge in [-0.3, -0.25) is 0 Å². The molecule has 0 radical (unpaired) electrons. The first-order chi connectivity index (χ1) is 7.44. The summed E-state index contributed by atoms with van der Waals surface area (Å²) in [6.07, 6.45) is 1.67. The molecule has 0 fully saturated rings. The Balaban J connectivity index is 2.19. The lowest BCUT2D eigenvalue weighted by molar-refractivity contribution is 0.0283. The van der Waals surface area contributed by atoms with Gasteiger partial charge >= 0.3 is 0 Å². The van der Waals surface area contributed by atoms with Crippen LogP contribution in [0.3, 0.4) is 0 Å². The van der Waals surface area contributed by atoms with E-state index in [1.807, 2.05) is 0 Å². The van der Waals surface area contributed by atoms with Crippen LogP contribution in [0.25, 0.3) is 5.65 Å². The monoisotopic (exact) mass is 241 g/mol. The lowest BCUT2D eigenvalue weighted by Crippen LogP contribution is -2.27. The van der Waals surface area contributed by atoms with Crippen LogP contribution in [0.4, 0.5) is 0 Å². The second kappa shape index (κ2) is 3.92. The number of fused-ring (bicyclic) bond motifs is 1. The molecule has 5 nitrogen and oxygen atoms in total. The van der Waals surface area contributed by atoms with Crippen molar-refractivity contribution < 1.29 is 9.84 Å². The van der Waals surface area contributed by atoms with Crippen molar-refractivity contribution in [2.24, 2.45) is 0 Å². The van der Waals surface area contributed by atoms with E-state index in [0.29, 0.717) is 11.4 Å². The zero-order valence-electron chi connectivity index (χ0n) is 9.01. The summed E-state index contributed by atoms with van der Waals surface area (Å²) in [5.41, 5.74) is -0.213. The Bertz CT molecular complexity index is 504. The Morgan fingerprint density at radius 1 is 1.50 bits per heavy atom. The minimum atomic E-state index is -0.866. The number of nitrogens with zero attached hydrogens (tertiary/aromatic N) is 3. The van der Waals surface area contributed by atoms with E-state index in [1.165, 1.54) is 4.52 Å². The largest absolute Gasteiger partial charge is 0.489 e. The quantitative estimate of drug-likeness (QED) is 0.886. The smallest absolute Gasteiger partial charge is 0.243 e. The van der Waals surface area contributed by atoms with E-state index in [0.717, 1.165) is 0 Å². The Hall–Kier alpha value is -1.33. The first kappa shape index (κ1) is 11.2. The van der Waals surface area contributed by atoms with Gasteiger partial charge in [0, 0.05) is 0 Å². The predicted molar refractivity (Wildman–Crippen MR) is 59.8 cm³/mol. The van der Waals surface area contributed by atoms with E-state index in [9.17, 15) is 5.11 Å². The molecular formula is C10H12ClN3O2. The molecule has 6 heteroatoms. The molecule has 0 aliphatic heterocycles. The van der Waals surface area contributed by atoms with Gasteiger partial charge in [-0.05, 0) is 37.6 Å². The molecule has 0 aromatic carbocycles. The second-order valence-electron chi connectivity index (χ2n) is 4.15. The van der Waals surface area contributed by atoms with Crippen molar-refractivity contribution in [2.45, 2.75) is 19.4 Å². The number of aromatic nitrogens is 3. The molecule has 16 heavy (non-hydrogen) atoms. The molecule has 0 aliphatic carbocycles. The summed E-state index contributed by atoms with van der Waals surface area (Å²) in [5, 5.41) is 13.7. The number of ether oxygens (including phenoxy) is 1.